The monoisotopic (exact) mass is 369 g/mol. The minimum absolute atomic E-state index is 0.114. The average Bonchev–Trinajstić information content (AvgIpc) is 2.59. The van der Waals surface area contributed by atoms with Crippen LogP contribution >= 0.6 is 0 Å². The molecule has 5 heteroatoms. The molecule has 0 aromatic heterocycles. The molecular formula is C21H39NO4. The van der Waals surface area contributed by atoms with Crippen molar-refractivity contribution in [3.05, 3.63) is 0 Å². The number of carbonyl (C=O) groups is 3. The highest BCUT2D eigenvalue weighted by Gasteiger charge is 2.11. The van der Waals surface area contributed by atoms with Crippen molar-refractivity contribution in [2.24, 2.45) is 0 Å². The van der Waals surface area contributed by atoms with Gasteiger partial charge in [0.15, 0.2) is 0 Å². The lowest BCUT2D eigenvalue weighted by Gasteiger charge is -2.14. The summed E-state index contributed by atoms with van der Waals surface area (Å²) in [4.78, 5) is 35.3. The lowest BCUT2D eigenvalue weighted by Crippen LogP contribution is -2.31. The molecule has 0 aliphatic rings. The molecule has 0 aliphatic carbocycles. The molecule has 1 N–H and O–H groups in total. The second-order valence-electron chi connectivity index (χ2n) is 7.32. The second-order valence-corrected chi connectivity index (χ2v) is 7.32. The maximum Gasteiger partial charge on any atom is 0.323 e. The molecule has 1 amide bonds. The largest absolute Gasteiger partial charge is 0.480 e. The molecule has 0 aromatic carbocycles. The lowest BCUT2D eigenvalue weighted by atomic mass is 10.0. The highest BCUT2D eigenvalue weighted by molar-refractivity contribution is 5.81. The molecule has 0 aromatic rings. The minimum atomic E-state index is -0.984. The Balaban J connectivity index is 3.40. The van der Waals surface area contributed by atoms with Crippen molar-refractivity contribution in [1.82, 2.24) is 4.90 Å². The number of rotatable bonds is 18. The number of unbranched alkanes of at least 4 members (excludes halogenated alkanes) is 10. The van der Waals surface area contributed by atoms with E-state index in [1.165, 1.54) is 50.5 Å². The molecule has 0 heterocycles. The van der Waals surface area contributed by atoms with Gasteiger partial charge in [-0.05, 0) is 19.3 Å². The van der Waals surface area contributed by atoms with Gasteiger partial charge in [-0.3, -0.25) is 14.4 Å². The Labute approximate surface area is 159 Å². The van der Waals surface area contributed by atoms with Crippen molar-refractivity contribution in [3.63, 3.8) is 0 Å². The molecule has 0 unspecified atom stereocenters. The zero-order chi connectivity index (χ0) is 19.6. The van der Waals surface area contributed by atoms with E-state index in [0.29, 0.717) is 18.6 Å². The van der Waals surface area contributed by atoms with E-state index in [0.717, 1.165) is 44.9 Å². The van der Waals surface area contributed by atoms with Crippen LogP contribution in [0.1, 0.15) is 103 Å². The molecule has 0 fully saturated rings. The lowest BCUT2D eigenvalue weighted by molar-refractivity contribution is -0.143. The van der Waals surface area contributed by atoms with E-state index in [9.17, 15) is 14.4 Å². The fraction of sp³-hybridized carbons (Fsp3) is 0.857. The topological polar surface area (TPSA) is 74.7 Å². The number of carboxylic acids is 1. The summed E-state index contributed by atoms with van der Waals surface area (Å²) in [6, 6.07) is 0. The third-order valence-corrected chi connectivity index (χ3v) is 4.70. The van der Waals surface area contributed by atoms with Crippen LogP contribution in [0.2, 0.25) is 0 Å². The van der Waals surface area contributed by atoms with Crippen molar-refractivity contribution >= 4 is 17.7 Å². The van der Waals surface area contributed by atoms with Gasteiger partial charge < -0.3 is 10.0 Å². The van der Waals surface area contributed by atoms with E-state index in [1.54, 1.807) is 0 Å². The maximum atomic E-state index is 11.8. The van der Waals surface area contributed by atoms with E-state index in [4.69, 9.17) is 5.11 Å². The van der Waals surface area contributed by atoms with Gasteiger partial charge in [-0.1, -0.05) is 64.7 Å². The summed E-state index contributed by atoms with van der Waals surface area (Å²) in [7, 11) is 1.52. The smallest absolute Gasteiger partial charge is 0.323 e. The zero-order valence-electron chi connectivity index (χ0n) is 16.9. The van der Waals surface area contributed by atoms with E-state index < -0.39 is 5.97 Å². The number of nitrogens with zero attached hydrogens (tertiary/aromatic N) is 1. The Hall–Kier alpha value is -1.39. The first-order chi connectivity index (χ1) is 12.5. The zero-order valence-corrected chi connectivity index (χ0v) is 16.9. The van der Waals surface area contributed by atoms with Gasteiger partial charge in [-0.2, -0.15) is 0 Å². The predicted molar refractivity (Wildman–Crippen MR) is 105 cm³/mol. The van der Waals surface area contributed by atoms with Gasteiger partial charge in [0.05, 0.1) is 0 Å². The highest BCUT2D eigenvalue weighted by Crippen LogP contribution is 2.12. The van der Waals surface area contributed by atoms with Crippen molar-refractivity contribution in [1.29, 1.82) is 0 Å². The molecule has 0 saturated carbocycles. The quantitative estimate of drug-likeness (QED) is 0.346. The summed E-state index contributed by atoms with van der Waals surface area (Å²) >= 11 is 0. The third kappa shape index (κ3) is 16.1. The molecule has 0 bridgehead atoms. The number of Topliss-reactive ketones (excluding diaryl/α,β-unsaturated/α-hetero) is 1. The molecule has 152 valence electrons. The van der Waals surface area contributed by atoms with Crippen molar-refractivity contribution in [2.45, 2.75) is 103 Å². The van der Waals surface area contributed by atoms with Crippen molar-refractivity contribution < 1.29 is 19.5 Å². The number of ketones is 1. The summed E-state index contributed by atoms with van der Waals surface area (Å²) < 4.78 is 0. The summed E-state index contributed by atoms with van der Waals surface area (Å²) in [6.07, 6.45) is 15.3. The van der Waals surface area contributed by atoms with Crippen LogP contribution < -0.4 is 0 Å². The Kier molecular flexibility index (Phi) is 16.1. The summed E-state index contributed by atoms with van der Waals surface area (Å²) in [6.45, 7) is 1.99. The molecule has 0 aliphatic heterocycles. The molecule has 26 heavy (non-hydrogen) atoms. The van der Waals surface area contributed by atoms with E-state index >= 15 is 0 Å². The van der Waals surface area contributed by atoms with Crippen LogP contribution in [0.4, 0.5) is 0 Å². The Morgan fingerprint density at radius 2 is 1.12 bits per heavy atom. The van der Waals surface area contributed by atoms with Gasteiger partial charge in [-0.15, -0.1) is 0 Å². The maximum absolute atomic E-state index is 11.8. The molecule has 0 rings (SSSR count). The van der Waals surface area contributed by atoms with Crippen LogP contribution in [0.3, 0.4) is 0 Å². The van der Waals surface area contributed by atoms with Crippen LogP contribution in [-0.2, 0) is 14.4 Å². The predicted octanol–water partition coefficient (Wildman–Crippen LogP) is 4.97. The average molecular weight is 370 g/mol. The number of amides is 1. The molecule has 0 atom stereocenters. The minimum Gasteiger partial charge on any atom is -0.480 e. The number of aliphatic carboxylic acids is 1. The highest BCUT2D eigenvalue weighted by atomic mass is 16.4. The summed E-state index contributed by atoms with van der Waals surface area (Å²) in [5, 5.41) is 8.64. The summed E-state index contributed by atoms with van der Waals surface area (Å²) in [5.74, 6) is -0.705. The molecular weight excluding hydrogens is 330 g/mol. The third-order valence-electron chi connectivity index (χ3n) is 4.70. The first kappa shape index (κ1) is 24.6. The Morgan fingerprint density at radius 1 is 0.692 bits per heavy atom. The second kappa shape index (κ2) is 17.0. The molecule has 0 radical (unpaired) electrons. The van der Waals surface area contributed by atoms with E-state index in [-0.39, 0.29) is 12.5 Å². The van der Waals surface area contributed by atoms with Gasteiger partial charge in [0.25, 0.3) is 0 Å². The first-order valence-corrected chi connectivity index (χ1v) is 10.4. The van der Waals surface area contributed by atoms with E-state index in [1.807, 2.05) is 0 Å². The van der Waals surface area contributed by atoms with Gasteiger partial charge in [0.2, 0.25) is 5.91 Å². The van der Waals surface area contributed by atoms with Crippen LogP contribution in [0.15, 0.2) is 0 Å². The fourth-order valence-electron chi connectivity index (χ4n) is 3.01. The van der Waals surface area contributed by atoms with Crippen LogP contribution in [-0.4, -0.2) is 41.3 Å². The molecule has 5 nitrogen and oxygen atoms in total. The number of carboxylic acid groups (broad SMARTS) is 1. The first-order valence-electron chi connectivity index (χ1n) is 10.4. The van der Waals surface area contributed by atoms with Gasteiger partial charge in [0.1, 0.15) is 12.3 Å². The number of hydrogen-bond acceptors (Lipinski definition) is 3. The van der Waals surface area contributed by atoms with Crippen molar-refractivity contribution in [3.8, 4) is 0 Å². The normalized spacial score (nSPS) is 10.7. The van der Waals surface area contributed by atoms with Crippen LogP contribution in [0.5, 0.6) is 0 Å². The molecule has 0 spiro atoms. The van der Waals surface area contributed by atoms with Gasteiger partial charge in [-0.25, -0.2) is 0 Å². The van der Waals surface area contributed by atoms with Gasteiger partial charge in [0, 0.05) is 26.3 Å². The fourth-order valence-corrected chi connectivity index (χ4v) is 3.01. The van der Waals surface area contributed by atoms with Gasteiger partial charge >= 0.3 is 5.97 Å². The SMILES string of the molecule is CCCCCCCCCC(=O)CCCCCCCC(=O)N(C)CC(=O)O. The van der Waals surface area contributed by atoms with Crippen LogP contribution in [0, 0.1) is 0 Å². The Bertz CT molecular complexity index is 395. The van der Waals surface area contributed by atoms with E-state index in [2.05, 4.69) is 6.92 Å². The standard InChI is InChI=1S/C21H39NO4/c1-3-4-5-6-7-9-12-15-19(23)16-13-10-8-11-14-17-20(24)22(2)18-21(25)26/h3-18H2,1-2H3,(H,25,26). The molecule has 0 saturated heterocycles. The number of carbonyl (C=O) groups excluding carboxylic acids is 2. The Morgan fingerprint density at radius 3 is 1.58 bits per heavy atom. The summed E-state index contributed by atoms with van der Waals surface area (Å²) in [5.41, 5.74) is 0. The number of hydrogen-bond donors (Lipinski definition) is 1. The van der Waals surface area contributed by atoms with Crippen LogP contribution in [0.25, 0.3) is 0 Å². The number of likely N-dealkylation sites (N-methyl/N-ethyl adjacent to an activating group) is 1. The van der Waals surface area contributed by atoms with Crippen molar-refractivity contribution in [2.75, 3.05) is 13.6 Å².